The topological polar surface area (TPSA) is 18.5 Å². The van der Waals surface area contributed by atoms with E-state index in [1.807, 2.05) is 0 Å². The highest BCUT2D eigenvalue weighted by Gasteiger charge is 2.44. The second-order valence-electron chi connectivity index (χ2n) is 7.19. The number of hydrogen-bond donors (Lipinski definition) is 0. The summed E-state index contributed by atoms with van der Waals surface area (Å²) in [5.41, 5.74) is 0. The Labute approximate surface area is 167 Å². The average molecular weight is 385 g/mol. The summed E-state index contributed by atoms with van der Waals surface area (Å²) >= 11 is 0. The molecule has 0 aliphatic heterocycles. The van der Waals surface area contributed by atoms with Crippen LogP contribution in [0.2, 0.25) is 0 Å². The summed E-state index contributed by atoms with van der Waals surface area (Å²) in [5.74, 6) is 0. The summed E-state index contributed by atoms with van der Waals surface area (Å²) in [7, 11) is -2.73. The second kappa shape index (κ2) is 12.1. The zero-order chi connectivity index (χ0) is 19.4. The highest BCUT2D eigenvalue weighted by Crippen LogP contribution is 2.18. The highest BCUT2D eigenvalue weighted by molar-refractivity contribution is 6.92. The van der Waals surface area contributed by atoms with Gasteiger partial charge in [-0.3, -0.25) is 0 Å². The van der Waals surface area contributed by atoms with Crippen LogP contribution in [0.4, 0.5) is 0 Å². The number of unbranched alkanes of at least 4 members (excludes halogenated alkanes) is 3. The smallest absolute Gasteiger partial charge is 0.388 e. The lowest BCUT2D eigenvalue weighted by Gasteiger charge is -2.35. The molecule has 0 amide bonds. The van der Waals surface area contributed by atoms with Crippen molar-refractivity contribution in [3.63, 3.8) is 0 Å². The van der Waals surface area contributed by atoms with Gasteiger partial charge < -0.3 is 8.85 Å². The zero-order valence-electron chi connectivity index (χ0n) is 17.3. The molecule has 148 valence electrons. The molecule has 27 heavy (non-hydrogen) atoms. The maximum absolute atomic E-state index is 6.92. The quantitative estimate of drug-likeness (QED) is 0.338. The summed E-state index contributed by atoms with van der Waals surface area (Å²) in [4.78, 5) is 0. The predicted molar refractivity (Wildman–Crippen MR) is 118 cm³/mol. The zero-order valence-corrected chi connectivity index (χ0v) is 18.3. The first-order valence-electron chi connectivity index (χ1n) is 10.7. The first-order chi connectivity index (χ1) is 13.3. The van der Waals surface area contributed by atoms with Crippen molar-refractivity contribution in [3.05, 3.63) is 60.7 Å². The van der Waals surface area contributed by atoms with Gasteiger partial charge in [0.05, 0.1) is 0 Å². The molecular formula is C24H36O2Si. The van der Waals surface area contributed by atoms with Crippen LogP contribution in [0.15, 0.2) is 60.7 Å². The van der Waals surface area contributed by atoms with E-state index in [1.165, 1.54) is 29.6 Å². The Morgan fingerprint density at radius 1 is 0.741 bits per heavy atom. The summed E-state index contributed by atoms with van der Waals surface area (Å²) in [6.07, 6.45) is 8.27. The van der Waals surface area contributed by atoms with Crippen molar-refractivity contribution in [1.82, 2.24) is 0 Å². The first kappa shape index (κ1) is 21.9. The molecule has 1 unspecified atom stereocenters. The standard InChI is InChI=1S/C24H36O2Si/c1-4-7-8-15-21-25-27(23-17-11-9-12-18-23,24-19-13-10-14-20-24)26-22(6-3)16-5-2/h9-14,17-20,22H,4-8,15-16,21H2,1-3H3. The molecule has 2 rings (SSSR count). The molecule has 0 saturated heterocycles. The fraction of sp³-hybridized carbons (Fsp3) is 0.500. The Balaban J connectivity index is 2.38. The fourth-order valence-electron chi connectivity index (χ4n) is 3.47. The molecule has 2 nitrogen and oxygen atoms in total. The SMILES string of the molecule is CCCCCCO[Si](OC(CC)CCC)(c1ccccc1)c1ccccc1. The van der Waals surface area contributed by atoms with Crippen LogP contribution in [0.3, 0.4) is 0 Å². The third-order valence-electron chi connectivity index (χ3n) is 5.01. The van der Waals surface area contributed by atoms with E-state index in [9.17, 15) is 0 Å². The second-order valence-corrected chi connectivity index (χ2v) is 10.1. The maximum Gasteiger partial charge on any atom is 0.407 e. The minimum absolute atomic E-state index is 0.234. The Kier molecular flexibility index (Phi) is 9.82. The van der Waals surface area contributed by atoms with Gasteiger partial charge in [-0.15, -0.1) is 0 Å². The van der Waals surface area contributed by atoms with Gasteiger partial charge >= 0.3 is 8.56 Å². The van der Waals surface area contributed by atoms with E-state index in [2.05, 4.69) is 81.4 Å². The van der Waals surface area contributed by atoms with Gasteiger partial charge in [0, 0.05) is 12.7 Å². The van der Waals surface area contributed by atoms with Crippen molar-refractivity contribution in [2.75, 3.05) is 6.61 Å². The molecule has 1 atom stereocenters. The van der Waals surface area contributed by atoms with Gasteiger partial charge in [0.2, 0.25) is 0 Å². The van der Waals surface area contributed by atoms with Gasteiger partial charge in [-0.05, 0) is 29.6 Å². The van der Waals surface area contributed by atoms with Gasteiger partial charge in [-0.2, -0.15) is 0 Å². The van der Waals surface area contributed by atoms with Crippen molar-refractivity contribution in [3.8, 4) is 0 Å². The number of hydrogen-bond acceptors (Lipinski definition) is 2. The third-order valence-corrected chi connectivity index (χ3v) is 8.47. The largest absolute Gasteiger partial charge is 0.407 e. The van der Waals surface area contributed by atoms with E-state index in [0.717, 1.165) is 32.3 Å². The Morgan fingerprint density at radius 2 is 1.33 bits per heavy atom. The minimum atomic E-state index is -2.73. The van der Waals surface area contributed by atoms with Gasteiger partial charge in [0.1, 0.15) is 0 Å². The van der Waals surface area contributed by atoms with Gasteiger partial charge in [0.15, 0.2) is 0 Å². The molecule has 2 aromatic rings. The first-order valence-corrected chi connectivity index (χ1v) is 12.5. The summed E-state index contributed by atoms with van der Waals surface area (Å²) in [6.45, 7) is 7.45. The molecular weight excluding hydrogens is 348 g/mol. The van der Waals surface area contributed by atoms with Crippen LogP contribution >= 0.6 is 0 Å². The van der Waals surface area contributed by atoms with E-state index in [0.29, 0.717) is 0 Å². The molecule has 2 aromatic carbocycles. The third kappa shape index (κ3) is 6.30. The molecule has 3 heteroatoms. The number of rotatable bonds is 13. The molecule has 0 fully saturated rings. The van der Waals surface area contributed by atoms with Crippen LogP contribution in [0.25, 0.3) is 0 Å². The van der Waals surface area contributed by atoms with Crippen molar-refractivity contribution < 1.29 is 8.85 Å². The molecule has 0 N–H and O–H groups in total. The number of benzene rings is 2. The Morgan fingerprint density at radius 3 is 1.81 bits per heavy atom. The Bertz CT molecular complexity index is 575. The molecule has 0 saturated carbocycles. The van der Waals surface area contributed by atoms with Crippen molar-refractivity contribution in [2.45, 2.75) is 71.8 Å². The van der Waals surface area contributed by atoms with Crippen LogP contribution in [-0.4, -0.2) is 21.3 Å². The molecule has 0 aliphatic carbocycles. The van der Waals surface area contributed by atoms with Gasteiger partial charge in [-0.25, -0.2) is 0 Å². The van der Waals surface area contributed by atoms with Gasteiger partial charge in [0.25, 0.3) is 0 Å². The lowest BCUT2D eigenvalue weighted by molar-refractivity contribution is 0.119. The lowest BCUT2D eigenvalue weighted by Crippen LogP contribution is -2.64. The summed E-state index contributed by atoms with van der Waals surface area (Å²) in [6, 6.07) is 21.3. The summed E-state index contributed by atoms with van der Waals surface area (Å²) in [5, 5.41) is 2.42. The average Bonchev–Trinajstić information content (AvgIpc) is 2.73. The van der Waals surface area contributed by atoms with Crippen molar-refractivity contribution in [2.24, 2.45) is 0 Å². The predicted octanol–water partition coefficient (Wildman–Crippen LogP) is 5.44. The van der Waals surface area contributed by atoms with Crippen molar-refractivity contribution >= 4 is 18.9 Å². The maximum atomic E-state index is 6.92. The normalized spacial score (nSPS) is 12.9. The summed E-state index contributed by atoms with van der Waals surface area (Å²) < 4.78 is 13.7. The molecule has 0 spiro atoms. The van der Waals surface area contributed by atoms with E-state index < -0.39 is 8.56 Å². The van der Waals surface area contributed by atoms with E-state index in [-0.39, 0.29) is 6.10 Å². The highest BCUT2D eigenvalue weighted by atomic mass is 28.4. The van der Waals surface area contributed by atoms with E-state index >= 15 is 0 Å². The monoisotopic (exact) mass is 384 g/mol. The van der Waals surface area contributed by atoms with Crippen LogP contribution in [0.5, 0.6) is 0 Å². The minimum Gasteiger partial charge on any atom is -0.388 e. The fourth-order valence-corrected chi connectivity index (χ4v) is 6.92. The molecule has 0 aliphatic rings. The van der Waals surface area contributed by atoms with Crippen LogP contribution in [0, 0.1) is 0 Å². The molecule has 0 heterocycles. The van der Waals surface area contributed by atoms with Crippen LogP contribution in [0.1, 0.15) is 65.7 Å². The van der Waals surface area contributed by atoms with E-state index in [4.69, 9.17) is 8.85 Å². The van der Waals surface area contributed by atoms with Crippen LogP contribution in [-0.2, 0) is 8.85 Å². The lowest BCUT2D eigenvalue weighted by atomic mass is 10.2. The molecule has 0 radical (unpaired) electrons. The van der Waals surface area contributed by atoms with E-state index in [1.54, 1.807) is 0 Å². The molecule has 0 aromatic heterocycles. The Hall–Kier alpha value is -1.42. The van der Waals surface area contributed by atoms with Gasteiger partial charge in [-0.1, -0.05) is 107 Å². The van der Waals surface area contributed by atoms with Crippen LogP contribution < -0.4 is 10.4 Å². The van der Waals surface area contributed by atoms with Crippen molar-refractivity contribution in [1.29, 1.82) is 0 Å². The molecule has 0 bridgehead atoms.